The van der Waals surface area contributed by atoms with Crippen molar-refractivity contribution < 1.29 is 0 Å². The highest BCUT2D eigenvalue weighted by Gasteiger charge is 2.14. The number of aromatic nitrogens is 2. The van der Waals surface area contributed by atoms with Crippen molar-refractivity contribution in [2.45, 2.75) is 33.2 Å². The molecule has 2 rings (SSSR count). The molecule has 1 N–H and O–H groups in total. The molecule has 5 heteroatoms. The predicted octanol–water partition coefficient (Wildman–Crippen LogP) is 4.34. The lowest BCUT2D eigenvalue weighted by Crippen LogP contribution is -2.18. The van der Waals surface area contributed by atoms with Gasteiger partial charge in [-0.2, -0.15) is 0 Å². The Morgan fingerprint density at radius 3 is 2.89 bits per heavy atom. The van der Waals surface area contributed by atoms with Gasteiger partial charge in [0.1, 0.15) is 10.0 Å². The van der Waals surface area contributed by atoms with E-state index in [2.05, 4.69) is 70.4 Å². The fourth-order valence-electron chi connectivity index (χ4n) is 1.78. The van der Waals surface area contributed by atoms with Crippen LogP contribution in [0.1, 0.15) is 36.9 Å². The largest absolute Gasteiger partial charge is 0.308 e. The number of nitrogens with one attached hydrogen (secondary N) is 1. The van der Waals surface area contributed by atoms with Gasteiger partial charge in [-0.15, -0.1) is 10.2 Å². The summed E-state index contributed by atoms with van der Waals surface area (Å²) in [7, 11) is 0. The molecule has 0 radical (unpaired) electrons. The first kappa shape index (κ1) is 14.6. The first-order chi connectivity index (χ1) is 9.13. The van der Waals surface area contributed by atoms with Gasteiger partial charge >= 0.3 is 0 Å². The van der Waals surface area contributed by atoms with Gasteiger partial charge in [0.25, 0.3) is 0 Å². The van der Waals surface area contributed by atoms with Crippen molar-refractivity contribution in [1.29, 1.82) is 0 Å². The Labute approximate surface area is 126 Å². The van der Waals surface area contributed by atoms with Crippen molar-refractivity contribution in [2.24, 2.45) is 0 Å². The molecule has 0 saturated carbocycles. The van der Waals surface area contributed by atoms with Crippen LogP contribution in [0.3, 0.4) is 0 Å². The number of benzene rings is 1. The molecule has 1 aromatic carbocycles. The maximum absolute atomic E-state index is 4.32. The first-order valence-electron chi connectivity index (χ1n) is 6.45. The maximum Gasteiger partial charge on any atom is 0.149 e. The third-order valence-electron chi connectivity index (χ3n) is 2.93. The van der Waals surface area contributed by atoms with Crippen LogP contribution in [0.2, 0.25) is 0 Å². The van der Waals surface area contributed by atoms with Crippen LogP contribution >= 0.6 is 27.3 Å². The van der Waals surface area contributed by atoms with Crippen molar-refractivity contribution in [3.05, 3.63) is 33.2 Å². The molecule has 102 valence electrons. The molecule has 0 aliphatic heterocycles. The zero-order valence-corrected chi connectivity index (χ0v) is 13.8. The normalized spacial score (nSPS) is 12.6. The second kappa shape index (κ2) is 6.59. The van der Waals surface area contributed by atoms with Gasteiger partial charge in [-0.1, -0.05) is 36.5 Å². The van der Waals surface area contributed by atoms with E-state index in [-0.39, 0.29) is 6.04 Å². The van der Waals surface area contributed by atoms with E-state index in [1.165, 1.54) is 5.56 Å². The Bertz CT molecular complexity index is 553. The van der Waals surface area contributed by atoms with Gasteiger partial charge in [0.2, 0.25) is 0 Å². The minimum atomic E-state index is 0.259. The van der Waals surface area contributed by atoms with E-state index in [1.54, 1.807) is 11.3 Å². The fraction of sp³-hybridized carbons (Fsp3) is 0.429. The second-order valence-corrected chi connectivity index (χ2v) is 6.36. The van der Waals surface area contributed by atoms with Crippen molar-refractivity contribution in [2.75, 3.05) is 6.54 Å². The van der Waals surface area contributed by atoms with Gasteiger partial charge in [-0.25, -0.2) is 0 Å². The zero-order valence-electron chi connectivity index (χ0n) is 11.4. The molecular formula is C14H18BrN3S. The molecule has 0 aliphatic carbocycles. The van der Waals surface area contributed by atoms with E-state index in [4.69, 9.17) is 0 Å². The summed E-state index contributed by atoms with van der Waals surface area (Å²) in [6.45, 7) is 7.38. The summed E-state index contributed by atoms with van der Waals surface area (Å²) in [4.78, 5) is 0. The van der Waals surface area contributed by atoms with E-state index in [0.717, 1.165) is 33.0 Å². The maximum atomic E-state index is 4.32. The summed E-state index contributed by atoms with van der Waals surface area (Å²) in [6, 6.07) is 6.47. The monoisotopic (exact) mass is 339 g/mol. The number of hydrogen-bond donors (Lipinski definition) is 1. The van der Waals surface area contributed by atoms with Crippen molar-refractivity contribution >= 4 is 27.3 Å². The lowest BCUT2D eigenvalue weighted by molar-refractivity contribution is 0.564. The average Bonchev–Trinajstić information content (AvgIpc) is 2.88. The highest BCUT2D eigenvalue weighted by Crippen LogP contribution is 2.33. The number of aryl methyl sites for hydroxylation is 1. The van der Waals surface area contributed by atoms with Crippen LogP contribution in [0.4, 0.5) is 0 Å². The van der Waals surface area contributed by atoms with E-state index >= 15 is 0 Å². The molecule has 0 aliphatic rings. The Morgan fingerprint density at radius 1 is 1.37 bits per heavy atom. The van der Waals surface area contributed by atoms with Crippen LogP contribution in [0.25, 0.3) is 10.6 Å². The van der Waals surface area contributed by atoms with Gasteiger partial charge in [0.15, 0.2) is 0 Å². The Balaban J connectivity index is 2.23. The number of hydrogen-bond acceptors (Lipinski definition) is 4. The third-order valence-corrected chi connectivity index (χ3v) is 5.13. The van der Waals surface area contributed by atoms with E-state index < -0.39 is 0 Å². The minimum Gasteiger partial charge on any atom is -0.308 e. The van der Waals surface area contributed by atoms with Gasteiger partial charge in [0, 0.05) is 10.0 Å². The molecule has 1 unspecified atom stereocenters. The molecule has 1 atom stereocenters. The highest BCUT2D eigenvalue weighted by molar-refractivity contribution is 9.10. The number of rotatable bonds is 5. The molecule has 19 heavy (non-hydrogen) atoms. The number of nitrogens with zero attached hydrogens (tertiary/aromatic N) is 2. The van der Waals surface area contributed by atoms with Gasteiger partial charge in [-0.3, -0.25) is 0 Å². The topological polar surface area (TPSA) is 37.8 Å². The predicted molar refractivity (Wildman–Crippen MR) is 84.5 cm³/mol. The first-order valence-corrected chi connectivity index (χ1v) is 8.06. The summed E-state index contributed by atoms with van der Waals surface area (Å²) in [5, 5.41) is 14.1. The molecule has 0 amide bonds. The van der Waals surface area contributed by atoms with Crippen molar-refractivity contribution in [3.63, 3.8) is 0 Å². The Hall–Kier alpha value is -0.780. The molecule has 1 heterocycles. The summed E-state index contributed by atoms with van der Waals surface area (Å²) >= 11 is 5.28. The van der Waals surface area contributed by atoms with E-state index in [9.17, 15) is 0 Å². The lowest BCUT2D eigenvalue weighted by atomic mass is 10.1. The van der Waals surface area contributed by atoms with E-state index in [1.807, 2.05) is 0 Å². The smallest absolute Gasteiger partial charge is 0.149 e. The summed E-state index contributed by atoms with van der Waals surface area (Å²) < 4.78 is 1.10. The minimum absolute atomic E-state index is 0.259. The Kier molecular flexibility index (Phi) is 5.07. The molecule has 0 saturated heterocycles. The van der Waals surface area contributed by atoms with Crippen LogP contribution in [-0.2, 0) is 0 Å². The summed E-state index contributed by atoms with van der Waals surface area (Å²) in [5.41, 5.74) is 2.33. The summed E-state index contributed by atoms with van der Waals surface area (Å²) in [6.07, 6.45) is 1.12. The fourth-order valence-corrected chi connectivity index (χ4v) is 3.26. The van der Waals surface area contributed by atoms with Crippen LogP contribution in [0, 0.1) is 6.92 Å². The highest BCUT2D eigenvalue weighted by atomic mass is 79.9. The number of halogens is 1. The molecular weight excluding hydrogens is 322 g/mol. The molecule has 3 nitrogen and oxygen atoms in total. The second-order valence-electron chi connectivity index (χ2n) is 4.56. The zero-order chi connectivity index (χ0) is 13.8. The van der Waals surface area contributed by atoms with Crippen LogP contribution in [0.15, 0.2) is 22.7 Å². The van der Waals surface area contributed by atoms with Gasteiger partial charge in [0.05, 0.1) is 6.04 Å². The van der Waals surface area contributed by atoms with Crippen LogP contribution in [-0.4, -0.2) is 16.7 Å². The third kappa shape index (κ3) is 3.41. The Morgan fingerprint density at radius 2 is 2.16 bits per heavy atom. The quantitative estimate of drug-likeness (QED) is 0.880. The van der Waals surface area contributed by atoms with Crippen molar-refractivity contribution in [3.8, 4) is 10.6 Å². The molecule has 0 bridgehead atoms. The summed E-state index contributed by atoms with van der Waals surface area (Å²) in [5.74, 6) is 0. The molecule has 0 fully saturated rings. The molecule has 2 aromatic rings. The lowest BCUT2D eigenvalue weighted by Gasteiger charge is -2.08. The van der Waals surface area contributed by atoms with Crippen molar-refractivity contribution in [1.82, 2.24) is 15.5 Å². The van der Waals surface area contributed by atoms with E-state index in [0.29, 0.717) is 0 Å². The molecule has 0 spiro atoms. The van der Waals surface area contributed by atoms with Gasteiger partial charge < -0.3 is 5.32 Å². The van der Waals surface area contributed by atoms with Crippen LogP contribution in [0.5, 0.6) is 0 Å². The average molecular weight is 340 g/mol. The molecule has 1 aromatic heterocycles. The standard InChI is InChI=1S/C14H18BrN3S/c1-4-8-16-10(3)13-17-18-14(19-13)11-7-5-6-9(2)12(11)15/h5-7,10,16H,4,8H2,1-3H3. The SMILES string of the molecule is CCCNC(C)c1nnc(-c2cccc(C)c2Br)s1. The van der Waals surface area contributed by atoms with Crippen LogP contribution < -0.4 is 5.32 Å². The van der Waals surface area contributed by atoms with Gasteiger partial charge in [-0.05, 0) is 48.3 Å².